The molecule has 0 aliphatic heterocycles. The molecule has 0 amide bonds. The summed E-state index contributed by atoms with van der Waals surface area (Å²) in [6.07, 6.45) is 1.71. The molecule has 0 bridgehead atoms. The van der Waals surface area contributed by atoms with Crippen molar-refractivity contribution < 1.29 is 0 Å². The standard InChI is InChI=1S/C33H23N5/c1-2-9-25(10-3-1)31-23-28(36-38-33-15-6-7-22-34-33)20-21-29(31)26-16-18-27(19-17-26)35-37-32-14-8-12-24-11-4-5-13-30(24)32/h1-23H. The highest BCUT2D eigenvalue weighted by Crippen LogP contribution is 2.36. The predicted octanol–water partition coefficient (Wildman–Crippen LogP) is 10.4. The van der Waals surface area contributed by atoms with Gasteiger partial charge in [0, 0.05) is 11.6 Å². The van der Waals surface area contributed by atoms with E-state index in [2.05, 4.69) is 80.0 Å². The Bertz CT molecular complexity index is 1740. The molecule has 0 N–H and O–H groups in total. The van der Waals surface area contributed by atoms with Gasteiger partial charge in [0.05, 0.1) is 17.1 Å². The first kappa shape index (κ1) is 23.1. The fourth-order valence-corrected chi connectivity index (χ4v) is 4.34. The van der Waals surface area contributed by atoms with Crippen LogP contribution in [0.3, 0.4) is 0 Å². The maximum absolute atomic E-state index is 4.53. The van der Waals surface area contributed by atoms with Gasteiger partial charge in [-0.3, -0.25) is 0 Å². The Morgan fingerprint density at radius 2 is 1.16 bits per heavy atom. The molecule has 0 fully saturated rings. The van der Waals surface area contributed by atoms with Crippen LogP contribution in [-0.2, 0) is 0 Å². The molecular weight excluding hydrogens is 466 g/mol. The highest BCUT2D eigenvalue weighted by molar-refractivity contribution is 5.92. The van der Waals surface area contributed by atoms with Crippen LogP contribution < -0.4 is 0 Å². The fraction of sp³-hybridized carbons (Fsp3) is 0. The van der Waals surface area contributed by atoms with Gasteiger partial charge in [0.25, 0.3) is 0 Å². The van der Waals surface area contributed by atoms with Crippen LogP contribution in [0.1, 0.15) is 0 Å². The summed E-state index contributed by atoms with van der Waals surface area (Å²) in [5.74, 6) is 0.575. The molecule has 5 heteroatoms. The second kappa shape index (κ2) is 10.8. The van der Waals surface area contributed by atoms with E-state index in [1.54, 1.807) is 6.20 Å². The number of aromatic nitrogens is 1. The maximum Gasteiger partial charge on any atom is 0.174 e. The van der Waals surface area contributed by atoms with Crippen LogP contribution in [0.25, 0.3) is 33.0 Å². The molecule has 1 aromatic heterocycles. The van der Waals surface area contributed by atoms with Crippen molar-refractivity contribution in [2.45, 2.75) is 0 Å². The summed E-state index contributed by atoms with van der Waals surface area (Å²) < 4.78 is 0. The van der Waals surface area contributed by atoms with Crippen LogP contribution >= 0.6 is 0 Å². The van der Waals surface area contributed by atoms with E-state index in [9.17, 15) is 0 Å². The molecule has 0 saturated heterocycles. The van der Waals surface area contributed by atoms with E-state index < -0.39 is 0 Å². The topological polar surface area (TPSA) is 62.3 Å². The molecule has 0 saturated carbocycles. The first-order chi connectivity index (χ1) is 18.8. The van der Waals surface area contributed by atoms with Crippen molar-refractivity contribution >= 4 is 33.7 Å². The number of benzene rings is 5. The zero-order valence-corrected chi connectivity index (χ0v) is 20.5. The molecular formula is C33H23N5. The van der Waals surface area contributed by atoms with E-state index in [1.165, 1.54) is 0 Å². The Morgan fingerprint density at radius 3 is 2.00 bits per heavy atom. The molecule has 0 atom stereocenters. The first-order valence-corrected chi connectivity index (χ1v) is 12.4. The van der Waals surface area contributed by atoms with E-state index in [4.69, 9.17) is 0 Å². The Kier molecular flexibility index (Phi) is 6.55. The molecule has 38 heavy (non-hydrogen) atoms. The molecule has 180 valence electrons. The van der Waals surface area contributed by atoms with Gasteiger partial charge in [-0.15, -0.1) is 15.3 Å². The van der Waals surface area contributed by atoms with Gasteiger partial charge >= 0.3 is 0 Å². The van der Waals surface area contributed by atoms with E-state index in [1.807, 2.05) is 78.9 Å². The third-order valence-corrected chi connectivity index (χ3v) is 6.22. The van der Waals surface area contributed by atoms with Gasteiger partial charge in [-0.05, 0) is 70.1 Å². The van der Waals surface area contributed by atoms with Crippen molar-refractivity contribution in [3.63, 3.8) is 0 Å². The number of fused-ring (bicyclic) bond motifs is 1. The van der Waals surface area contributed by atoms with Crippen molar-refractivity contribution in [3.8, 4) is 22.3 Å². The van der Waals surface area contributed by atoms with Crippen molar-refractivity contribution in [3.05, 3.63) is 140 Å². The lowest BCUT2D eigenvalue weighted by molar-refractivity contribution is 1.15. The molecule has 0 radical (unpaired) electrons. The number of nitrogens with zero attached hydrogens (tertiary/aromatic N) is 5. The van der Waals surface area contributed by atoms with Gasteiger partial charge in [0.15, 0.2) is 5.82 Å². The number of azo groups is 2. The number of rotatable bonds is 6. The highest BCUT2D eigenvalue weighted by atomic mass is 15.1. The molecule has 1 heterocycles. The minimum atomic E-state index is 0.575. The number of hydrogen-bond donors (Lipinski definition) is 0. The minimum Gasteiger partial charge on any atom is -0.236 e. The zero-order chi connectivity index (χ0) is 25.6. The summed E-state index contributed by atoms with van der Waals surface area (Å²) in [6, 6.07) is 44.4. The molecule has 6 rings (SSSR count). The Hall–Kier alpha value is -5.29. The summed E-state index contributed by atoms with van der Waals surface area (Å²) >= 11 is 0. The van der Waals surface area contributed by atoms with Crippen LogP contribution in [0.5, 0.6) is 0 Å². The average Bonchev–Trinajstić information content (AvgIpc) is 3.00. The number of hydrogen-bond acceptors (Lipinski definition) is 5. The lowest BCUT2D eigenvalue weighted by atomic mass is 9.94. The normalized spacial score (nSPS) is 11.5. The lowest BCUT2D eigenvalue weighted by Crippen LogP contribution is -1.85. The van der Waals surface area contributed by atoms with Crippen LogP contribution in [0, 0.1) is 0 Å². The summed E-state index contributed by atoms with van der Waals surface area (Å²) in [6.45, 7) is 0. The lowest BCUT2D eigenvalue weighted by Gasteiger charge is -2.11. The van der Waals surface area contributed by atoms with Crippen LogP contribution in [0.15, 0.2) is 160 Å². The van der Waals surface area contributed by atoms with Gasteiger partial charge in [-0.1, -0.05) is 91.0 Å². The largest absolute Gasteiger partial charge is 0.236 e. The monoisotopic (exact) mass is 489 g/mol. The van der Waals surface area contributed by atoms with Gasteiger partial charge in [-0.2, -0.15) is 5.11 Å². The smallest absolute Gasteiger partial charge is 0.174 e. The molecule has 0 aliphatic carbocycles. The molecule has 6 aromatic rings. The van der Waals surface area contributed by atoms with Crippen molar-refractivity contribution in [1.82, 2.24) is 4.98 Å². The fourth-order valence-electron chi connectivity index (χ4n) is 4.34. The third kappa shape index (κ3) is 5.13. The van der Waals surface area contributed by atoms with Crippen LogP contribution in [0.4, 0.5) is 22.9 Å². The van der Waals surface area contributed by atoms with Crippen molar-refractivity contribution in [2.24, 2.45) is 20.5 Å². The molecule has 0 spiro atoms. The number of pyridine rings is 1. The van der Waals surface area contributed by atoms with Gasteiger partial charge in [0.1, 0.15) is 0 Å². The summed E-state index contributed by atoms with van der Waals surface area (Å²) in [5.41, 5.74) is 6.79. The molecule has 0 aliphatic rings. The SMILES string of the molecule is c1ccc(-c2cc(N=Nc3ccccn3)ccc2-c2ccc(N=Nc3cccc4ccccc34)cc2)cc1. The van der Waals surface area contributed by atoms with Gasteiger partial charge in [-0.25, -0.2) is 4.98 Å². The quantitative estimate of drug-likeness (QED) is 0.215. The summed E-state index contributed by atoms with van der Waals surface area (Å²) in [5, 5.41) is 20.0. The second-order valence-corrected chi connectivity index (χ2v) is 8.73. The average molecular weight is 490 g/mol. The van der Waals surface area contributed by atoms with E-state index in [-0.39, 0.29) is 0 Å². The van der Waals surface area contributed by atoms with E-state index in [0.717, 1.165) is 50.1 Å². The van der Waals surface area contributed by atoms with Crippen LogP contribution in [-0.4, -0.2) is 4.98 Å². The summed E-state index contributed by atoms with van der Waals surface area (Å²) in [7, 11) is 0. The summed E-state index contributed by atoms with van der Waals surface area (Å²) in [4.78, 5) is 4.22. The molecule has 5 aromatic carbocycles. The van der Waals surface area contributed by atoms with E-state index >= 15 is 0 Å². The third-order valence-electron chi connectivity index (χ3n) is 6.22. The molecule has 0 unspecified atom stereocenters. The van der Waals surface area contributed by atoms with Gasteiger partial charge < -0.3 is 0 Å². The van der Waals surface area contributed by atoms with Gasteiger partial charge in [0.2, 0.25) is 0 Å². The van der Waals surface area contributed by atoms with Crippen LogP contribution in [0.2, 0.25) is 0 Å². The Labute approximate surface area is 220 Å². The highest BCUT2D eigenvalue weighted by Gasteiger charge is 2.09. The van der Waals surface area contributed by atoms with Crippen molar-refractivity contribution in [2.75, 3.05) is 0 Å². The molecule has 5 nitrogen and oxygen atoms in total. The Balaban J connectivity index is 1.31. The first-order valence-electron chi connectivity index (χ1n) is 12.4. The minimum absolute atomic E-state index is 0.575. The van der Waals surface area contributed by atoms with Crippen molar-refractivity contribution in [1.29, 1.82) is 0 Å². The second-order valence-electron chi connectivity index (χ2n) is 8.73. The predicted molar refractivity (Wildman–Crippen MR) is 154 cm³/mol. The Morgan fingerprint density at radius 1 is 0.447 bits per heavy atom. The maximum atomic E-state index is 4.53. The zero-order valence-electron chi connectivity index (χ0n) is 20.5. The van der Waals surface area contributed by atoms with E-state index in [0.29, 0.717) is 5.82 Å².